The number of unbranched alkanes of at least 4 members (excludes halogenated alkanes) is 32. The Kier molecular flexibility index (Phi) is 40.7. The third-order valence-corrected chi connectivity index (χ3v) is 12.1. The summed E-state index contributed by atoms with van der Waals surface area (Å²) in [6, 6.07) is 0. The van der Waals surface area contributed by atoms with Gasteiger partial charge in [0.25, 0.3) is 7.82 Å². The van der Waals surface area contributed by atoms with Gasteiger partial charge < -0.3 is 27.9 Å². The first-order valence-electron chi connectivity index (χ1n) is 24.7. The molecule has 0 aromatic heterocycles. The molecule has 0 saturated heterocycles. The van der Waals surface area contributed by atoms with E-state index in [9.17, 15) is 19.0 Å². The molecule has 9 nitrogen and oxygen atoms in total. The van der Waals surface area contributed by atoms with Crippen LogP contribution in [-0.4, -0.2) is 70.0 Å². The van der Waals surface area contributed by atoms with Crippen molar-refractivity contribution in [2.45, 2.75) is 251 Å². The van der Waals surface area contributed by atoms with E-state index < -0.39 is 26.5 Å². The van der Waals surface area contributed by atoms with Crippen LogP contribution in [0.2, 0.25) is 0 Å². The molecule has 58 heavy (non-hydrogen) atoms. The molecule has 0 aliphatic carbocycles. The molecule has 2 atom stereocenters. The van der Waals surface area contributed by atoms with Crippen molar-refractivity contribution in [3.05, 3.63) is 0 Å². The van der Waals surface area contributed by atoms with E-state index in [2.05, 4.69) is 13.8 Å². The maximum atomic E-state index is 12.7. The number of ether oxygens (including phenoxy) is 2. The Balaban J connectivity index is 4.19. The van der Waals surface area contributed by atoms with Crippen LogP contribution in [-0.2, 0) is 32.7 Å². The minimum absolute atomic E-state index is 0.0255. The Bertz CT molecular complexity index is 958. The molecule has 0 radical (unpaired) electrons. The van der Waals surface area contributed by atoms with Crippen molar-refractivity contribution in [3.8, 4) is 0 Å². The van der Waals surface area contributed by atoms with Gasteiger partial charge in [-0.25, -0.2) is 0 Å². The number of carbonyl (C=O) groups excluding carboxylic acids is 2. The lowest BCUT2D eigenvalue weighted by molar-refractivity contribution is -0.870. The standard InChI is InChI=1S/C48H96NO8P/c1-6-8-10-12-14-16-18-20-21-22-23-24-25-26-27-29-31-33-35-37-39-41-48(51)57-46(45-56-58(52,53)55-43-42-49(3,4)5)44-54-47(50)40-38-36-34-32-30-28-19-17-15-13-11-9-7-2/h46H,6-45H2,1-5H3. The summed E-state index contributed by atoms with van der Waals surface area (Å²) in [6.07, 6.45) is 42.7. The van der Waals surface area contributed by atoms with Gasteiger partial charge in [-0.15, -0.1) is 0 Å². The van der Waals surface area contributed by atoms with Crippen molar-refractivity contribution in [2.24, 2.45) is 0 Å². The number of likely N-dealkylation sites (N-methyl/N-ethyl adjacent to an activating group) is 1. The van der Waals surface area contributed by atoms with E-state index in [4.69, 9.17) is 18.5 Å². The second kappa shape index (κ2) is 41.4. The van der Waals surface area contributed by atoms with Crippen LogP contribution in [0.5, 0.6) is 0 Å². The fourth-order valence-corrected chi connectivity index (χ4v) is 7.97. The third kappa shape index (κ3) is 44.6. The van der Waals surface area contributed by atoms with E-state index in [0.29, 0.717) is 17.4 Å². The third-order valence-electron chi connectivity index (χ3n) is 11.1. The summed E-state index contributed by atoms with van der Waals surface area (Å²) in [5.41, 5.74) is 0. The number of rotatable bonds is 46. The van der Waals surface area contributed by atoms with Crippen molar-refractivity contribution in [1.82, 2.24) is 0 Å². The van der Waals surface area contributed by atoms with Crippen LogP contribution in [0.3, 0.4) is 0 Å². The van der Waals surface area contributed by atoms with Gasteiger partial charge in [-0.2, -0.15) is 0 Å². The molecular weight excluding hydrogens is 750 g/mol. The molecule has 2 unspecified atom stereocenters. The Morgan fingerprint density at radius 2 is 0.776 bits per heavy atom. The van der Waals surface area contributed by atoms with Crippen molar-refractivity contribution >= 4 is 19.8 Å². The molecule has 0 aromatic carbocycles. The van der Waals surface area contributed by atoms with Crippen LogP contribution in [0.1, 0.15) is 245 Å². The Hall–Kier alpha value is -0.990. The van der Waals surface area contributed by atoms with E-state index in [1.807, 2.05) is 21.1 Å². The highest BCUT2D eigenvalue weighted by Crippen LogP contribution is 2.38. The highest BCUT2D eigenvalue weighted by molar-refractivity contribution is 7.45. The number of phosphoric ester groups is 1. The minimum atomic E-state index is -4.62. The van der Waals surface area contributed by atoms with Gasteiger partial charge >= 0.3 is 11.9 Å². The fraction of sp³-hybridized carbons (Fsp3) is 0.958. The average Bonchev–Trinajstić information content (AvgIpc) is 3.17. The van der Waals surface area contributed by atoms with Gasteiger partial charge in [-0.05, 0) is 12.8 Å². The molecule has 0 fully saturated rings. The summed E-state index contributed by atoms with van der Waals surface area (Å²) in [7, 11) is 1.18. The van der Waals surface area contributed by atoms with Gasteiger partial charge in [0.2, 0.25) is 0 Å². The number of nitrogens with zero attached hydrogens (tertiary/aromatic N) is 1. The quantitative estimate of drug-likeness (QED) is 0.0258. The molecule has 0 bridgehead atoms. The minimum Gasteiger partial charge on any atom is -0.756 e. The Morgan fingerprint density at radius 1 is 0.466 bits per heavy atom. The van der Waals surface area contributed by atoms with Gasteiger partial charge in [-0.3, -0.25) is 14.2 Å². The number of hydrogen-bond acceptors (Lipinski definition) is 8. The summed E-state index contributed by atoms with van der Waals surface area (Å²) in [4.78, 5) is 37.6. The molecule has 0 saturated carbocycles. The first-order valence-corrected chi connectivity index (χ1v) is 26.2. The van der Waals surface area contributed by atoms with Crippen LogP contribution in [0, 0.1) is 0 Å². The van der Waals surface area contributed by atoms with E-state index in [-0.39, 0.29) is 32.0 Å². The second-order valence-corrected chi connectivity index (χ2v) is 19.6. The molecule has 10 heteroatoms. The first kappa shape index (κ1) is 57.0. The van der Waals surface area contributed by atoms with Crippen molar-refractivity contribution in [2.75, 3.05) is 47.5 Å². The molecule has 0 aliphatic rings. The lowest BCUT2D eigenvalue weighted by Gasteiger charge is -2.28. The highest BCUT2D eigenvalue weighted by atomic mass is 31.2. The van der Waals surface area contributed by atoms with Crippen molar-refractivity contribution in [3.63, 3.8) is 0 Å². The second-order valence-electron chi connectivity index (χ2n) is 18.2. The predicted octanol–water partition coefficient (Wildman–Crippen LogP) is 13.7. The molecule has 0 amide bonds. The van der Waals surface area contributed by atoms with Gasteiger partial charge in [0.1, 0.15) is 19.8 Å². The van der Waals surface area contributed by atoms with E-state index in [1.165, 1.54) is 180 Å². The molecule has 0 aliphatic heterocycles. The molecule has 346 valence electrons. The smallest absolute Gasteiger partial charge is 0.306 e. The maximum absolute atomic E-state index is 12.7. The summed E-state index contributed by atoms with van der Waals surface area (Å²) in [5, 5.41) is 0. The van der Waals surface area contributed by atoms with Gasteiger partial charge in [0.05, 0.1) is 27.7 Å². The number of quaternary nitrogens is 1. The van der Waals surface area contributed by atoms with Crippen LogP contribution in [0.4, 0.5) is 0 Å². The van der Waals surface area contributed by atoms with Crippen LogP contribution < -0.4 is 4.89 Å². The molecule has 0 heterocycles. The van der Waals surface area contributed by atoms with Crippen LogP contribution in [0.15, 0.2) is 0 Å². The van der Waals surface area contributed by atoms with Gasteiger partial charge in [0, 0.05) is 12.8 Å². The van der Waals surface area contributed by atoms with E-state index in [1.54, 1.807) is 0 Å². The topological polar surface area (TPSA) is 111 Å². The first-order chi connectivity index (χ1) is 28.0. The molecule has 0 N–H and O–H groups in total. The SMILES string of the molecule is CCCCCCCCCCCCCCCCCCCCCCCC(=O)OC(COC(=O)CCCCCCCCCCCCCCC)COP(=O)([O-])OCC[N+](C)(C)C. The largest absolute Gasteiger partial charge is 0.756 e. The summed E-state index contributed by atoms with van der Waals surface area (Å²) < 4.78 is 34.0. The molecule has 0 rings (SSSR count). The normalized spacial score (nSPS) is 13.4. The van der Waals surface area contributed by atoms with Crippen molar-refractivity contribution < 1.29 is 42.1 Å². The monoisotopic (exact) mass is 846 g/mol. The Labute approximate surface area is 359 Å². The predicted molar refractivity (Wildman–Crippen MR) is 241 cm³/mol. The summed E-state index contributed by atoms with van der Waals surface area (Å²) >= 11 is 0. The fourth-order valence-electron chi connectivity index (χ4n) is 7.25. The lowest BCUT2D eigenvalue weighted by Crippen LogP contribution is -2.37. The van der Waals surface area contributed by atoms with Gasteiger partial charge in [-0.1, -0.05) is 219 Å². The summed E-state index contributed by atoms with van der Waals surface area (Å²) in [5.74, 6) is -0.816. The van der Waals surface area contributed by atoms with Crippen LogP contribution >= 0.6 is 7.82 Å². The zero-order valence-electron chi connectivity index (χ0n) is 39.0. The zero-order valence-corrected chi connectivity index (χ0v) is 39.9. The molecule has 0 spiro atoms. The molecular formula is C48H96NO8P. The number of phosphoric acid groups is 1. The zero-order chi connectivity index (χ0) is 42.8. The number of carbonyl (C=O) groups is 2. The van der Waals surface area contributed by atoms with E-state index in [0.717, 1.165) is 32.1 Å². The van der Waals surface area contributed by atoms with E-state index >= 15 is 0 Å². The van der Waals surface area contributed by atoms with Gasteiger partial charge in [0.15, 0.2) is 6.10 Å². The van der Waals surface area contributed by atoms with Crippen LogP contribution in [0.25, 0.3) is 0 Å². The maximum Gasteiger partial charge on any atom is 0.306 e. The summed E-state index contributed by atoms with van der Waals surface area (Å²) in [6.45, 7) is 4.28. The number of esters is 2. The Morgan fingerprint density at radius 3 is 1.10 bits per heavy atom. The number of hydrogen-bond donors (Lipinski definition) is 0. The molecule has 0 aromatic rings. The highest BCUT2D eigenvalue weighted by Gasteiger charge is 2.21. The van der Waals surface area contributed by atoms with Crippen molar-refractivity contribution in [1.29, 1.82) is 0 Å². The lowest BCUT2D eigenvalue weighted by atomic mass is 10.0. The average molecular weight is 846 g/mol.